The summed E-state index contributed by atoms with van der Waals surface area (Å²) in [5.41, 5.74) is 9.05. The van der Waals surface area contributed by atoms with Gasteiger partial charge in [-0.3, -0.25) is 0 Å². The Morgan fingerprint density at radius 3 is 1.38 bits per heavy atom. The van der Waals surface area contributed by atoms with Crippen LogP contribution in [0.4, 0.5) is 0 Å². The lowest BCUT2D eigenvalue weighted by molar-refractivity contribution is 1.64. The quantitative estimate of drug-likeness (QED) is 0.160. The Bertz CT molecular complexity index is 3120. The maximum Gasteiger partial charge on any atom is 0.0361 e. The Morgan fingerprint density at radius 1 is 0.321 bits per heavy atom. The smallest absolute Gasteiger partial charge is 0.0361 e. The van der Waals surface area contributed by atoms with Crippen LogP contribution < -0.4 is 0 Å². The van der Waals surface area contributed by atoms with Crippen LogP contribution in [0.15, 0.2) is 176 Å². The molecule has 11 aromatic rings. The lowest BCUT2D eigenvalue weighted by atomic mass is 9.85. The first-order valence-corrected chi connectivity index (χ1v) is 19.8. The molecule has 0 atom stereocenters. The van der Waals surface area contributed by atoms with Crippen LogP contribution in [0.25, 0.3) is 107 Å². The van der Waals surface area contributed by atoms with Gasteiger partial charge in [-0.05, 0) is 108 Å². The van der Waals surface area contributed by atoms with Gasteiger partial charge in [-0.1, -0.05) is 152 Å². The third kappa shape index (κ3) is 4.66. The minimum atomic E-state index is 1.25. The molecule has 2 aromatic heterocycles. The fourth-order valence-electron chi connectivity index (χ4n) is 8.80. The zero-order valence-electron chi connectivity index (χ0n) is 29.1. The highest BCUT2D eigenvalue weighted by atomic mass is 32.1. The van der Waals surface area contributed by atoms with Gasteiger partial charge in [-0.15, -0.1) is 22.7 Å². The van der Waals surface area contributed by atoms with Gasteiger partial charge >= 0.3 is 0 Å². The van der Waals surface area contributed by atoms with Crippen LogP contribution >= 0.6 is 22.7 Å². The number of fused-ring (bicyclic) bond motifs is 7. The highest BCUT2D eigenvalue weighted by Crippen LogP contribution is 2.50. The minimum absolute atomic E-state index is 1.25. The van der Waals surface area contributed by atoms with Gasteiger partial charge in [0, 0.05) is 35.5 Å². The molecule has 11 rings (SSSR count). The van der Waals surface area contributed by atoms with E-state index in [1.807, 2.05) is 22.7 Å². The van der Waals surface area contributed by atoms with Crippen LogP contribution in [0, 0.1) is 6.92 Å². The van der Waals surface area contributed by atoms with Crippen molar-refractivity contribution < 1.29 is 0 Å². The predicted molar refractivity (Wildman–Crippen MR) is 234 cm³/mol. The van der Waals surface area contributed by atoms with Gasteiger partial charge in [-0.25, -0.2) is 0 Å². The van der Waals surface area contributed by atoms with Crippen molar-refractivity contribution in [2.24, 2.45) is 0 Å². The summed E-state index contributed by atoms with van der Waals surface area (Å²) in [5, 5.41) is 13.0. The predicted octanol–water partition coefficient (Wildman–Crippen LogP) is 15.7. The molecule has 2 heteroatoms. The molecule has 0 radical (unpaired) electrons. The number of hydrogen-bond donors (Lipinski definition) is 0. The summed E-state index contributed by atoms with van der Waals surface area (Å²) in [6.07, 6.45) is 0. The van der Waals surface area contributed by atoms with Crippen molar-refractivity contribution in [1.29, 1.82) is 0 Å². The van der Waals surface area contributed by atoms with Gasteiger partial charge < -0.3 is 0 Å². The normalized spacial score (nSPS) is 11.9. The largest absolute Gasteiger partial charge is 0.141 e. The molecule has 0 unspecified atom stereocenters. The molecule has 0 amide bonds. The van der Waals surface area contributed by atoms with Gasteiger partial charge in [0.05, 0.1) is 0 Å². The van der Waals surface area contributed by atoms with Crippen LogP contribution in [0.1, 0.15) is 4.88 Å². The van der Waals surface area contributed by atoms with Crippen LogP contribution in [-0.4, -0.2) is 0 Å². The van der Waals surface area contributed by atoms with Crippen LogP contribution in [0.2, 0.25) is 0 Å². The second-order valence-electron chi connectivity index (χ2n) is 14.0. The monoisotopic (exact) mass is 708 g/mol. The highest BCUT2D eigenvalue weighted by molar-refractivity contribution is 7.26. The van der Waals surface area contributed by atoms with Crippen molar-refractivity contribution in [3.8, 4) is 43.8 Å². The molecule has 0 aliphatic carbocycles. The standard InChI is InChI=1S/C51H32S2/c1-31-26-29-45(52-31)50-40-22-11-7-18-36(40)48(37-19-8-12-23-41(37)50)33-27-28-42-46(30-33)53-44-25-13-24-43(51(42)44)49-38-20-9-5-16-34(38)47(32-14-3-2-4-15-32)35-17-6-10-21-39(35)49/h2-30H,1H3. The van der Waals surface area contributed by atoms with Crippen LogP contribution in [0.5, 0.6) is 0 Å². The van der Waals surface area contributed by atoms with Crippen molar-refractivity contribution in [3.05, 3.63) is 181 Å². The molecule has 0 aliphatic rings. The molecule has 0 saturated heterocycles. The molecule has 0 nitrogen and oxygen atoms in total. The summed E-state index contributed by atoms with van der Waals surface area (Å²) in [7, 11) is 0. The maximum absolute atomic E-state index is 2.45. The Labute approximate surface area is 315 Å². The lowest BCUT2D eigenvalue weighted by Gasteiger charge is -2.18. The molecule has 2 heterocycles. The van der Waals surface area contributed by atoms with Crippen molar-refractivity contribution in [2.75, 3.05) is 0 Å². The van der Waals surface area contributed by atoms with E-state index in [4.69, 9.17) is 0 Å². The summed E-state index contributed by atoms with van der Waals surface area (Å²) in [4.78, 5) is 2.66. The topological polar surface area (TPSA) is 0 Å². The summed E-state index contributed by atoms with van der Waals surface area (Å²) >= 11 is 3.78. The van der Waals surface area contributed by atoms with Gasteiger partial charge in [0.1, 0.15) is 0 Å². The zero-order chi connectivity index (χ0) is 35.0. The SMILES string of the molecule is Cc1ccc(-c2c3ccccc3c(-c3ccc4c(c3)sc3cccc(-c5c6ccccc6c(-c6ccccc6)c6ccccc56)c34)c3ccccc23)s1. The van der Waals surface area contributed by atoms with Crippen molar-refractivity contribution >= 4 is 85.9 Å². The van der Waals surface area contributed by atoms with Crippen molar-refractivity contribution in [3.63, 3.8) is 0 Å². The van der Waals surface area contributed by atoms with Crippen LogP contribution in [-0.2, 0) is 0 Å². The summed E-state index contributed by atoms with van der Waals surface area (Å²) in [6, 6.07) is 65.4. The second-order valence-corrected chi connectivity index (χ2v) is 16.3. The van der Waals surface area contributed by atoms with E-state index in [2.05, 4.69) is 183 Å². The average Bonchev–Trinajstić information content (AvgIpc) is 3.82. The van der Waals surface area contributed by atoms with Gasteiger partial charge in [0.25, 0.3) is 0 Å². The zero-order valence-corrected chi connectivity index (χ0v) is 30.7. The lowest BCUT2D eigenvalue weighted by Crippen LogP contribution is -1.91. The first-order valence-electron chi connectivity index (χ1n) is 18.2. The summed E-state index contributed by atoms with van der Waals surface area (Å²) in [5.74, 6) is 0. The molecule has 0 spiro atoms. The number of thiophene rings is 2. The number of hydrogen-bond acceptors (Lipinski definition) is 2. The number of benzene rings is 9. The van der Waals surface area contributed by atoms with E-state index >= 15 is 0 Å². The first kappa shape index (κ1) is 30.6. The molecule has 248 valence electrons. The Morgan fingerprint density at radius 2 is 0.830 bits per heavy atom. The van der Waals surface area contributed by atoms with E-state index in [1.54, 1.807) is 0 Å². The Hall–Kier alpha value is -6.06. The van der Waals surface area contributed by atoms with Crippen LogP contribution in [0.3, 0.4) is 0 Å². The molecular formula is C51H32S2. The fraction of sp³-hybridized carbons (Fsp3) is 0.0196. The molecule has 9 aromatic carbocycles. The summed E-state index contributed by atoms with van der Waals surface area (Å²) < 4.78 is 2.62. The molecule has 0 bridgehead atoms. The van der Waals surface area contributed by atoms with Gasteiger partial charge in [-0.2, -0.15) is 0 Å². The highest BCUT2D eigenvalue weighted by Gasteiger charge is 2.21. The van der Waals surface area contributed by atoms with Gasteiger partial charge in [0.15, 0.2) is 0 Å². The Balaban J connectivity index is 1.18. The van der Waals surface area contributed by atoms with E-state index in [0.717, 1.165) is 0 Å². The third-order valence-electron chi connectivity index (χ3n) is 11.0. The number of aryl methyl sites for hydroxylation is 1. The fourth-order valence-corrected chi connectivity index (χ4v) is 10.9. The van der Waals surface area contributed by atoms with E-state index < -0.39 is 0 Å². The number of rotatable bonds is 4. The van der Waals surface area contributed by atoms with Crippen molar-refractivity contribution in [2.45, 2.75) is 6.92 Å². The first-order chi connectivity index (χ1) is 26.2. The average molecular weight is 709 g/mol. The van der Waals surface area contributed by atoms with E-state index in [0.29, 0.717) is 0 Å². The maximum atomic E-state index is 2.45. The molecule has 53 heavy (non-hydrogen) atoms. The second kappa shape index (κ2) is 12.0. The molecule has 0 N–H and O–H groups in total. The van der Waals surface area contributed by atoms with E-state index in [-0.39, 0.29) is 0 Å². The minimum Gasteiger partial charge on any atom is -0.141 e. The molecule has 0 aliphatic heterocycles. The van der Waals surface area contributed by atoms with E-state index in [9.17, 15) is 0 Å². The van der Waals surface area contributed by atoms with E-state index in [1.165, 1.54) is 112 Å². The molecular weight excluding hydrogens is 677 g/mol. The van der Waals surface area contributed by atoms with Crippen molar-refractivity contribution in [1.82, 2.24) is 0 Å². The Kier molecular flexibility index (Phi) is 6.92. The molecule has 0 fully saturated rings. The molecule has 0 saturated carbocycles. The summed E-state index contributed by atoms with van der Waals surface area (Å²) in [6.45, 7) is 2.20. The third-order valence-corrected chi connectivity index (χ3v) is 13.1. The van der Waals surface area contributed by atoms with Gasteiger partial charge in [0.2, 0.25) is 0 Å².